The molecule has 2 aromatic rings. The Labute approximate surface area is 139 Å². The van der Waals surface area contributed by atoms with E-state index in [1.807, 2.05) is 25.1 Å². The Hall–Kier alpha value is -2.47. The molecule has 0 aliphatic heterocycles. The highest BCUT2D eigenvalue weighted by atomic mass is 35.5. The van der Waals surface area contributed by atoms with Gasteiger partial charge in [0.05, 0.1) is 35.9 Å². The fourth-order valence-electron chi connectivity index (χ4n) is 2.22. The van der Waals surface area contributed by atoms with Gasteiger partial charge < -0.3 is 14.8 Å². The number of hydrogen-bond acceptors (Lipinski definition) is 5. The zero-order chi connectivity index (χ0) is 17.0. The van der Waals surface area contributed by atoms with Gasteiger partial charge in [0.25, 0.3) is 5.69 Å². The molecule has 0 bridgehead atoms. The second-order valence-electron chi connectivity index (χ2n) is 4.90. The number of halogens is 1. The summed E-state index contributed by atoms with van der Waals surface area (Å²) >= 11 is 6.11. The average Bonchev–Trinajstić information content (AvgIpc) is 2.55. The number of nitro benzene ring substituents is 1. The highest BCUT2D eigenvalue weighted by Gasteiger charge is 2.15. The van der Waals surface area contributed by atoms with Gasteiger partial charge in [-0.1, -0.05) is 11.6 Å². The molecule has 0 aromatic heterocycles. The van der Waals surface area contributed by atoms with Gasteiger partial charge in [0.1, 0.15) is 11.5 Å². The van der Waals surface area contributed by atoms with Crippen LogP contribution in [0.1, 0.15) is 18.5 Å². The van der Waals surface area contributed by atoms with Gasteiger partial charge in [-0.25, -0.2) is 0 Å². The fraction of sp³-hybridized carbons (Fsp3) is 0.250. The van der Waals surface area contributed by atoms with Crippen LogP contribution in [0.3, 0.4) is 0 Å². The maximum atomic E-state index is 10.8. The van der Waals surface area contributed by atoms with Crippen molar-refractivity contribution in [3.8, 4) is 11.5 Å². The Morgan fingerprint density at radius 2 is 1.91 bits per heavy atom. The molecule has 1 N–H and O–H groups in total. The number of anilines is 1. The molecule has 0 saturated carbocycles. The second kappa shape index (κ2) is 7.19. The SMILES string of the molecule is COc1ccc(OC)c([C@@H](C)Nc2ccc([N+](=O)[O-])cc2Cl)c1. The number of hydrogen-bond donors (Lipinski definition) is 1. The van der Waals surface area contributed by atoms with Crippen LogP contribution in [0.25, 0.3) is 0 Å². The lowest BCUT2D eigenvalue weighted by molar-refractivity contribution is -0.384. The fourth-order valence-corrected chi connectivity index (χ4v) is 2.45. The van der Waals surface area contributed by atoms with Gasteiger partial charge in [-0.15, -0.1) is 0 Å². The van der Waals surface area contributed by atoms with Crippen molar-refractivity contribution in [3.05, 3.63) is 57.1 Å². The number of non-ortho nitro benzene ring substituents is 1. The average molecular weight is 337 g/mol. The third-order valence-corrected chi connectivity index (χ3v) is 3.75. The van der Waals surface area contributed by atoms with Crippen LogP contribution >= 0.6 is 11.6 Å². The highest BCUT2D eigenvalue weighted by Crippen LogP contribution is 2.34. The maximum absolute atomic E-state index is 10.8. The first-order valence-corrected chi connectivity index (χ1v) is 7.26. The first-order valence-electron chi connectivity index (χ1n) is 6.88. The third-order valence-electron chi connectivity index (χ3n) is 3.44. The van der Waals surface area contributed by atoms with Crippen LogP contribution in [0.5, 0.6) is 11.5 Å². The number of benzene rings is 2. The molecule has 0 aliphatic rings. The topological polar surface area (TPSA) is 73.6 Å². The van der Waals surface area contributed by atoms with Crippen molar-refractivity contribution in [3.63, 3.8) is 0 Å². The van der Waals surface area contributed by atoms with E-state index in [-0.39, 0.29) is 16.8 Å². The number of methoxy groups -OCH3 is 2. The lowest BCUT2D eigenvalue weighted by atomic mass is 10.1. The predicted octanol–water partition coefficient (Wildman–Crippen LogP) is 4.44. The molecular formula is C16H17ClN2O4. The molecular weight excluding hydrogens is 320 g/mol. The third kappa shape index (κ3) is 3.84. The van der Waals surface area contributed by atoms with E-state index in [9.17, 15) is 10.1 Å². The summed E-state index contributed by atoms with van der Waals surface area (Å²) in [5.41, 5.74) is 1.45. The van der Waals surface area contributed by atoms with E-state index in [1.54, 1.807) is 20.3 Å². The summed E-state index contributed by atoms with van der Waals surface area (Å²) < 4.78 is 10.6. The van der Waals surface area contributed by atoms with E-state index in [2.05, 4.69) is 5.32 Å². The minimum absolute atomic E-state index is 0.0489. The number of nitrogens with zero attached hydrogens (tertiary/aromatic N) is 1. The lowest BCUT2D eigenvalue weighted by Crippen LogP contribution is -2.09. The maximum Gasteiger partial charge on any atom is 0.271 e. The summed E-state index contributed by atoms with van der Waals surface area (Å²) in [5, 5.41) is 14.3. The van der Waals surface area contributed by atoms with Crippen molar-refractivity contribution in [2.45, 2.75) is 13.0 Å². The first kappa shape index (κ1) is 16.9. The minimum atomic E-state index is -0.482. The molecule has 0 amide bonds. The van der Waals surface area contributed by atoms with Crippen LogP contribution in [0.2, 0.25) is 5.02 Å². The monoisotopic (exact) mass is 336 g/mol. The molecule has 7 heteroatoms. The second-order valence-corrected chi connectivity index (χ2v) is 5.30. The molecule has 122 valence electrons. The largest absolute Gasteiger partial charge is 0.497 e. The summed E-state index contributed by atoms with van der Waals surface area (Å²) in [6.45, 7) is 1.94. The van der Waals surface area contributed by atoms with Gasteiger partial charge in [0.15, 0.2) is 0 Å². The van der Waals surface area contributed by atoms with Crippen LogP contribution in [0.15, 0.2) is 36.4 Å². The summed E-state index contributed by atoms with van der Waals surface area (Å²) in [7, 11) is 3.19. The van der Waals surface area contributed by atoms with E-state index >= 15 is 0 Å². The molecule has 0 aliphatic carbocycles. The van der Waals surface area contributed by atoms with Crippen LogP contribution in [-0.4, -0.2) is 19.1 Å². The number of nitro groups is 1. The predicted molar refractivity (Wildman–Crippen MR) is 89.7 cm³/mol. The molecule has 1 atom stereocenters. The van der Waals surface area contributed by atoms with Crippen LogP contribution in [0, 0.1) is 10.1 Å². The molecule has 0 spiro atoms. The molecule has 6 nitrogen and oxygen atoms in total. The Morgan fingerprint density at radius 3 is 2.48 bits per heavy atom. The normalized spacial score (nSPS) is 11.7. The Kier molecular flexibility index (Phi) is 5.28. The summed E-state index contributed by atoms with van der Waals surface area (Å²) in [4.78, 5) is 10.3. The highest BCUT2D eigenvalue weighted by molar-refractivity contribution is 6.33. The van der Waals surface area contributed by atoms with Gasteiger partial charge in [0.2, 0.25) is 0 Å². The quantitative estimate of drug-likeness (QED) is 0.623. The number of rotatable bonds is 6. The van der Waals surface area contributed by atoms with Gasteiger partial charge in [0, 0.05) is 17.7 Å². The van der Waals surface area contributed by atoms with E-state index in [4.69, 9.17) is 21.1 Å². The summed E-state index contributed by atoms with van der Waals surface area (Å²) in [6, 6.07) is 9.68. The lowest BCUT2D eigenvalue weighted by Gasteiger charge is -2.20. The van der Waals surface area contributed by atoms with E-state index in [0.29, 0.717) is 17.2 Å². The molecule has 23 heavy (non-hydrogen) atoms. The van der Waals surface area contributed by atoms with Crippen molar-refractivity contribution in [1.82, 2.24) is 0 Å². The smallest absolute Gasteiger partial charge is 0.271 e. The number of nitrogens with one attached hydrogen (secondary N) is 1. The van der Waals surface area contributed by atoms with Crippen molar-refractivity contribution in [2.75, 3.05) is 19.5 Å². The minimum Gasteiger partial charge on any atom is -0.497 e. The van der Waals surface area contributed by atoms with E-state index in [1.165, 1.54) is 12.1 Å². The van der Waals surface area contributed by atoms with Gasteiger partial charge in [-0.3, -0.25) is 10.1 Å². The van der Waals surface area contributed by atoms with Gasteiger partial charge >= 0.3 is 0 Å². The Bertz CT molecular complexity index is 721. The molecule has 0 saturated heterocycles. The zero-order valence-electron chi connectivity index (χ0n) is 13.0. The van der Waals surface area contributed by atoms with E-state index < -0.39 is 4.92 Å². The molecule has 0 fully saturated rings. The first-order chi connectivity index (χ1) is 11.0. The molecule has 2 aromatic carbocycles. The summed E-state index contributed by atoms with van der Waals surface area (Å²) in [6.07, 6.45) is 0. The molecule has 0 unspecified atom stereocenters. The zero-order valence-corrected chi connectivity index (χ0v) is 13.8. The van der Waals surface area contributed by atoms with Crippen molar-refractivity contribution < 1.29 is 14.4 Å². The van der Waals surface area contributed by atoms with Crippen LogP contribution in [0.4, 0.5) is 11.4 Å². The Morgan fingerprint density at radius 1 is 1.17 bits per heavy atom. The Balaban J connectivity index is 2.28. The van der Waals surface area contributed by atoms with Gasteiger partial charge in [-0.2, -0.15) is 0 Å². The van der Waals surface area contributed by atoms with Crippen molar-refractivity contribution >= 4 is 23.0 Å². The van der Waals surface area contributed by atoms with Crippen molar-refractivity contribution in [2.24, 2.45) is 0 Å². The number of ether oxygens (including phenoxy) is 2. The molecule has 0 heterocycles. The molecule has 0 radical (unpaired) electrons. The van der Waals surface area contributed by atoms with Gasteiger partial charge in [-0.05, 0) is 31.2 Å². The standard InChI is InChI=1S/C16H17ClN2O4/c1-10(13-9-12(22-2)5-7-16(13)23-3)18-15-6-4-11(19(20)21)8-14(15)17/h4-10,18H,1-3H3/t10-/m1/s1. The molecule has 2 rings (SSSR count). The van der Waals surface area contributed by atoms with Crippen LogP contribution < -0.4 is 14.8 Å². The summed E-state index contributed by atoms with van der Waals surface area (Å²) in [5.74, 6) is 1.42. The van der Waals surface area contributed by atoms with Crippen molar-refractivity contribution in [1.29, 1.82) is 0 Å². The van der Waals surface area contributed by atoms with E-state index in [0.717, 1.165) is 5.56 Å². The van der Waals surface area contributed by atoms with Crippen LogP contribution in [-0.2, 0) is 0 Å².